The van der Waals surface area contributed by atoms with Crippen LogP contribution in [0.2, 0.25) is 15.1 Å². The van der Waals surface area contributed by atoms with Gasteiger partial charge < -0.3 is 9.80 Å². The molecular weight excluding hydrogens is 397 g/mol. The molecule has 0 spiro atoms. The number of piperazine rings is 1. The number of benzene rings is 2. The lowest BCUT2D eigenvalue weighted by atomic mass is 10.2. The molecule has 130 valence electrons. The second-order valence-corrected chi connectivity index (χ2v) is 8.26. The van der Waals surface area contributed by atoms with Gasteiger partial charge in [-0.3, -0.25) is 0 Å². The molecule has 1 saturated heterocycles. The van der Waals surface area contributed by atoms with Gasteiger partial charge in [-0.05, 0) is 36.8 Å². The first-order valence-electron chi connectivity index (χ1n) is 8.04. The van der Waals surface area contributed by atoms with E-state index < -0.39 is 0 Å². The first-order valence-corrected chi connectivity index (χ1v) is 9.99. The third-order valence-electron chi connectivity index (χ3n) is 4.56. The molecule has 1 aliphatic rings. The topological polar surface area (TPSA) is 19.4 Å². The second-order valence-electron chi connectivity index (χ2n) is 6.06. The molecule has 0 aliphatic carbocycles. The van der Waals surface area contributed by atoms with Gasteiger partial charge in [-0.15, -0.1) is 0 Å². The van der Waals surface area contributed by atoms with E-state index in [9.17, 15) is 0 Å². The van der Waals surface area contributed by atoms with Gasteiger partial charge in [0.05, 0.1) is 25.9 Å². The largest absolute Gasteiger partial charge is 0.367 e. The van der Waals surface area contributed by atoms with E-state index in [1.165, 1.54) is 4.70 Å². The van der Waals surface area contributed by atoms with E-state index in [1.807, 2.05) is 37.3 Å². The van der Waals surface area contributed by atoms with Crippen LogP contribution in [0.1, 0.15) is 5.56 Å². The number of nitrogens with zero attached hydrogens (tertiary/aromatic N) is 3. The van der Waals surface area contributed by atoms with Gasteiger partial charge in [0.15, 0.2) is 5.13 Å². The molecule has 0 atom stereocenters. The zero-order chi connectivity index (χ0) is 17.6. The number of thiazole rings is 1. The minimum absolute atomic E-state index is 0.597. The first-order chi connectivity index (χ1) is 12.0. The van der Waals surface area contributed by atoms with Gasteiger partial charge in [-0.2, -0.15) is 0 Å². The molecule has 3 nitrogen and oxygen atoms in total. The molecule has 1 aliphatic heterocycles. The van der Waals surface area contributed by atoms with Crippen LogP contribution in [0.15, 0.2) is 30.3 Å². The average molecular weight is 413 g/mol. The third-order valence-corrected chi connectivity index (χ3v) is 6.86. The molecule has 3 aromatic rings. The summed E-state index contributed by atoms with van der Waals surface area (Å²) in [5.41, 5.74) is 3.06. The molecule has 25 heavy (non-hydrogen) atoms. The summed E-state index contributed by atoms with van der Waals surface area (Å²) in [4.78, 5) is 9.42. The fourth-order valence-electron chi connectivity index (χ4n) is 3.10. The molecule has 7 heteroatoms. The molecule has 2 aromatic carbocycles. The molecular formula is C18H16Cl3N3S. The van der Waals surface area contributed by atoms with Crippen molar-refractivity contribution in [3.8, 4) is 0 Å². The summed E-state index contributed by atoms with van der Waals surface area (Å²) < 4.78 is 1.18. The van der Waals surface area contributed by atoms with Crippen LogP contribution < -0.4 is 9.80 Å². The van der Waals surface area contributed by atoms with Gasteiger partial charge >= 0.3 is 0 Å². The Balaban J connectivity index is 1.54. The third kappa shape index (κ3) is 3.17. The van der Waals surface area contributed by atoms with Crippen LogP contribution in [-0.2, 0) is 0 Å². The maximum atomic E-state index is 6.36. The van der Waals surface area contributed by atoms with Crippen LogP contribution in [0.5, 0.6) is 0 Å². The molecule has 0 saturated carbocycles. The highest BCUT2D eigenvalue weighted by Crippen LogP contribution is 2.36. The molecule has 1 aromatic heterocycles. The number of rotatable bonds is 2. The van der Waals surface area contributed by atoms with Crippen LogP contribution >= 0.6 is 46.1 Å². The van der Waals surface area contributed by atoms with Crippen LogP contribution in [-0.4, -0.2) is 31.2 Å². The Morgan fingerprint density at radius 3 is 2.40 bits per heavy atom. The summed E-state index contributed by atoms with van der Waals surface area (Å²) in [5, 5.41) is 3.05. The lowest BCUT2D eigenvalue weighted by Crippen LogP contribution is -2.46. The fraction of sp³-hybridized carbons (Fsp3) is 0.278. The number of halogens is 3. The van der Waals surface area contributed by atoms with Crippen molar-refractivity contribution in [2.75, 3.05) is 36.0 Å². The summed E-state index contributed by atoms with van der Waals surface area (Å²) in [6.45, 7) is 5.59. The Hall–Kier alpha value is -1.20. The molecule has 4 rings (SSSR count). The molecule has 2 heterocycles. The fourth-order valence-corrected chi connectivity index (χ4v) is 4.74. The standard InChI is InChI=1S/C18H16Cl3N3S/c1-11-12(19)5-6-15-17(11)22-18(25-15)24-9-7-23(8-10-24)14-4-2-3-13(20)16(14)21/h2-6H,7-10H2,1H3. The smallest absolute Gasteiger partial charge is 0.186 e. The molecule has 1 fully saturated rings. The predicted molar refractivity (Wildman–Crippen MR) is 110 cm³/mol. The minimum atomic E-state index is 0.597. The number of fused-ring (bicyclic) bond motifs is 1. The highest BCUT2D eigenvalue weighted by atomic mass is 35.5. The number of aryl methyl sites for hydroxylation is 1. The van der Waals surface area contributed by atoms with Gasteiger partial charge in [0.25, 0.3) is 0 Å². The number of hydrogen-bond acceptors (Lipinski definition) is 4. The van der Waals surface area contributed by atoms with Crippen molar-refractivity contribution in [3.63, 3.8) is 0 Å². The maximum Gasteiger partial charge on any atom is 0.186 e. The summed E-state index contributed by atoms with van der Waals surface area (Å²) in [6.07, 6.45) is 0. The summed E-state index contributed by atoms with van der Waals surface area (Å²) >= 11 is 20.4. The van der Waals surface area contributed by atoms with Gasteiger partial charge in [-0.25, -0.2) is 4.98 Å². The monoisotopic (exact) mass is 411 g/mol. The van der Waals surface area contributed by atoms with Crippen LogP contribution in [0.4, 0.5) is 10.8 Å². The highest BCUT2D eigenvalue weighted by molar-refractivity contribution is 7.22. The van der Waals surface area contributed by atoms with E-state index in [0.29, 0.717) is 10.0 Å². The molecule has 0 unspecified atom stereocenters. The first kappa shape index (κ1) is 17.2. The quantitative estimate of drug-likeness (QED) is 0.523. The van der Waals surface area contributed by atoms with Crippen molar-refractivity contribution < 1.29 is 0 Å². The number of anilines is 2. The Morgan fingerprint density at radius 1 is 0.920 bits per heavy atom. The lowest BCUT2D eigenvalue weighted by molar-refractivity contribution is 0.652. The molecule has 0 radical (unpaired) electrons. The second kappa shape index (κ2) is 6.84. The van der Waals surface area contributed by atoms with E-state index >= 15 is 0 Å². The summed E-state index contributed by atoms with van der Waals surface area (Å²) in [5.74, 6) is 0. The van der Waals surface area contributed by atoms with Gasteiger partial charge in [0.1, 0.15) is 0 Å². The predicted octanol–water partition coefficient (Wildman–Crippen LogP) is 5.89. The van der Waals surface area contributed by atoms with E-state index in [0.717, 1.165) is 53.1 Å². The average Bonchev–Trinajstić information content (AvgIpc) is 3.06. The zero-order valence-electron chi connectivity index (χ0n) is 13.6. The molecule has 0 amide bonds. The maximum absolute atomic E-state index is 6.36. The zero-order valence-corrected chi connectivity index (χ0v) is 16.7. The summed E-state index contributed by atoms with van der Waals surface area (Å²) in [7, 11) is 0. The normalized spacial score (nSPS) is 15.2. The number of aromatic nitrogens is 1. The Labute approximate surface area is 165 Å². The highest BCUT2D eigenvalue weighted by Gasteiger charge is 2.22. The van der Waals surface area contributed by atoms with Crippen molar-refractivity contribution in [1.82, 2.24) is 4.98 Å². The van der Waals surface area contributed by atoms with Gasteiger partial charge in [0, 0.05) is 31.2 Å². The minimum Gasteiger partial charge on any atom is -0.367 e. The van der Waals surface area contributed by atoms with Crippen LogP contribution in [0, 0.1) is 6.92 Å². The SMILES string of the molecule is Cc1c(Cl)ccc2sc(N3CCN(c4cccc(Cl)c4Cl)CC3)nc12. The lowest BCUT2D eigenvalue weighted by Gasteiger charge is -2.36. The van der Waals surface area contributed by atoms with Crippen molar-refractivity contribution >= 4 is 67.2 Å². The van der Waals surface area contributed by atoms with Crippen molar-refractivity contribution in [1.29, 1.82) is 0 Å². The Kier molecular flexibility index (Phi) is 4.71. The van der Waals surface area contributed by atoms with E-state index in [2.05, 4.69) is 9.80 Å². The van der Waals surface area contributed by atoms with E-state index in [4.69, 9.17) is 39.8 Å². The van der Waals surface area contributed by atoms with Crippen molar-refractivity contribution in [3.05, 3.63) is 51.0 Å². The molecule has 0 bridgehead atoms. The number of hydrogen-bond donors (Lipinski definition) is 0. The van der Waals surface area contributed by atoms with E-state index in [1.54, 1.807) is 11.3 Å². The van der Waals surface area contributed by atoms with E-state index in [-0.39, 0.29) is 0 Å². The van der Waals surface area contributed by atoms with Crippen molar-refractivity contribution in [2.24, 2.45) is 0 Å². The van der Waals surface area contributed by atoms with Gasteiger partial charge in [-0.1, -0.05) is 52.2 Å². The summed E-state index contributed by atoms with van der Waals surface area (Å²) in [6, 6.07) is 9.77. The van der Waals surface area contributed by atoms with Crippen LogP contribution in [0.3, 0.4) is 0 Å². The van der Waals surface area contributed by atoms with Crippen LogP contribution in [0.25, 0.3) is 10.2 Å². The Morgan fingerprint density at radius 2 is 1.64 bits per heavy atom. The molecule has 0 N–H and O–H groups in total. The van der Waals surface area contributed by atoms with Gasteiger partial charge in [0.2, 0.25) is 0 Å². The Bertz CT molecular complexity index is 933. The van der Waals surface area contributed by atoms with Crippen molar-refractivity contribution in [2.45, 2.75) is 6.92 Å².